The fourth-order valence-corrected chi connectivity index (χ4v) is 3.49. The molecule has 26 heavy (non-hydrogen) atoms. The maximum absolute atomic E-state index is 12.1. The Labute approximate surface area is 154 Å². The monoisotopic (exact) mass is 383 g/mol. The molecule has 7 nitrogen and oxygen atoms in total. The summed E-state index contributed by atoms with van der Waals surface area (Å²) in [5.41, 5.74) is 0.274. The van der Waals surface area contributed by atoms with E-state index in [1.165, 1.54) is 12.1 Å². The summed E-state index contributed by atoms with van der Waals surface area (Å²) in [5, 5.41) is 0. The number of likely N-dealkylation sites (tertiary alicyclic amines) is 1. The molecular weight excluding hydrogens is 358 g/mol. The van der Waals surface area contributed by atoms with E-state index in [-0.39, 0.29) is 36.3 Å². The summed E-state index contributed by atoms with van der Waals surface area (Å²) in [5.74, 6) is -0.464. The Balaban J connectivity index is 1.86. The number of nitrogens with zero attached hydrogens (tertiary/aromatic N) is 1. The number of hydrogen-bond donors (Lipinski definition) is 0. The lowest BCUT2D eigenvalue weighted by Gasteiger charge is -2.23. The fraction of sp³-hybridized carbons (Fsp3) is 0.556. The van der Waals surface area contributed by atoms with Crippen LogP contribution in [-0.4, -0.2) is 44.1 Å². The van der Waals surface area contributed by atoms with Crippen molar-refractivity contribution in [2.75, 3.05) is 13.2 Å². The molecule has 1 heterocycles. The van der Waals surface area contributed by atoms with Gasteiger partial charge in [-0.15, -0.1) is 0 Å². The Morgan fingerprint density at radius 1 is 1.23 bits per heavy atom. The third kappa shape index (κ3) is 5.54. The summed E-state index contributed by atoms with van der Waals surface area (Å²) in [6.45, 7) is 7.22. The smallest absolute Gasteiger partial charge is 0.417 e. The Morgan fingerprint density at radius 2 is 1.85 bits per heavy atom. The summed E-state index contributed by atoms with van der Waals surface area (Å²) in [6, 6.07) is 6.39. The van der Waals surface area contributed by atoms with E-state index in [0.29, 0.717) is 6.42 Å². The maximum Gasteiger partial charge on any atom is 0.417 e. The summed E-state index contributed by atoms with van der Waals surface area (Å²) in [6.07, 6.45) is -0.137. The Morgan fingerprint density at radius 3 is 2.42 bits per heavy atom. The van der Waals surface area contributed by atoms with Crippen LogP contribution in [0.1, 0.15) is 39.2 Å². The van der Waals surface area contributed by atoms with E-state index in [4.69, 9.17) is 8.92 Å². The SMILES string of the molecule is Cc1ccc(S(=O)(=O)OCCC2CC(=O)N(C(=O)OC(C)(C)C)C2)cc1. The van der Waals surface area contributed by atoms with Gasteiger partial charge in [0.25, 0.3) is 10.1 Å². The van der Waals surface area contributed by atoms with Crippen molar-refractivity contribution in [3.8, 4) is 0 Å². The predicted molar refractivity (Wildman–Crippen MR) is 95.0 cm³/mol. The van der Waals surface area contributed by atoms with E-state index in [9.17, 15) is 18.0 Å². The lowest BCUT2D eigenvalue weighted by atomic mass is 10.1. The number of benzene rings is 1. The van der Waals surface area contributed by atoms with Gasteiger partial charge < -0.3 is 4.74 Å². The first-order chi connectivity index (χ1) is 12.0. The molecular formula is C18H25NO6S. The van der Waals surface area contributed by atoms with Crippen LogP contribution in [0.3, 0.4) is 0 Å². The molecule has 0 spiro atoms. The number of rotatable bonds is 5. The van der Waals surface area contributed by atoms with Crippen molar-refractivity contribution in [2.24, 2.45) is 5.92 Å². The third-order valence-electron chi connectivity index (χ3n) is 3.89. The topological polar surface area (TPSA) is 90.0 Å². The van der Waals surface area contributed by atoms with Gasteiger partial charge >= 0.3 is 6.09 Å². The molecule has 144 valence electrons. The highest BCUT2D eigenvalue weighted by atomic mass is 32.2. The van der Waals surface area contributed by atoms with E-state index < -0.39 is 21.8 Å². The minimum absolute atomic E-state index is 0.0453. The highest BCUT2D eigenvalue weighted by Crippen LogP contribution is 2.24. The molecule has 1 fully saturated rings. The second-order valence-corrected chi connectivity index (χ2v) is 9.05. The van der Waals surface area contributed by atoms with Crippen molar-refractivity contribution in [1.82, 2.24) is 4.90 Å². The molecule has 0 bridgehead atoms. The number of imide groups is 1. The second-order valence-electron chi connectivity index (χ2n) is 7.43. The average molecular weight is 383 g/mol. The molecule has 2 amide bonds. The van der Waals surface area contributed by atoms with Crippen LogP contribution >= 0.6 is 0 Å². The van der Waals surface area contributed by atoms with Crippen molar-refractivity contribution in [2.45, 2.75) is 51.0 Å². The van der Waals surface area contributed by atoms with Gasteiger partial charge in [-0.1, -0.05) is 17.7 Å². The molecule has 1 aliphatic rings. The summed E-state index contributed by atoms with van der Waals surface area (Å²) < 4.78 is 34.5. The number of carbonyl (C=O) groups is 2. The molecule has 1 aromatic carbocycles. The van der Waals surface area contributed by atoms with Gasteiger partial charge in [0, 0.05) is 13.0 Å². The van der Waals surface area contributed by atoms with Crippen LogP contribution in [0.2, 0.25) is 0 Å². The molecule has 8 heteroatoms. The molecule has 1 atom stereocenters. The lowest BCUT2D eigenvalue weighted by Crippen LogP contribution is -2.37. The molecule has 0 aliphatic carbocycles. The zero-order chi connectivity index (χ0) is 19.5. The van der Waals surface area contributed by atoms with Crippen LogP contribution in [0.15, 0.2) is 29.2 Å². The summed E-state index contributed by atoms with van der Waals surface area (Å²) in [7, 11) is -3.83. The lowest BCUT2D eigenvalue weighted by molar-refractivity contribution is -0.127. The van der Waals surface area contributed by atoms with Crippen molar-refractivity contribution >= 4 is 22.1 Å². The largest absolute Gasteiger partial charge is 0.443 e. The van der Waals surface area contributed by atoms with Crippen LogP contribution in [0.25, 0.3) is 0 Å². The van der Waals surface area contributed by atoms with E-state index >= 15 is 0 Å². The number of aryl methyl sites for hydroxylation is 1. The van der Waals surface area contributed by atoms with Crippen LogP contribution in [0.5, 0.6) is 0 Å². The fourth-order valence-electron chi connectivity index (χ4n) is 2.57. The number of hydrogen-bond acceptors (Lipinski definition) is 6. The first kappa shape index (κ1) is 20.4. The first-order valence-electron chi connectivity index (χ1n) is 8.47. The van der Waals surface area contributed by atoms with E-state index in [0.717, 1.165) is 10.5 Å². The van der Waals surface area contributed by atoms with Gasteiger partial charge in [-0.3, -0.25) is 8.98 Å². The van der Waals surface area contributed by atoms with Gasteiger partial charge in [-0.2, -0.15) is 8.42 Å². The molecule has 0 radical (unpaired) electrons. The highest BCUT2D eigenvalue weighted by molar-refractivity contribution is 7.86. The van der Waals surface area contributed by atoms with Gasteiger partial charge in [0.15, 0.2) is 0 Å². The number of amides is 2. The molecule has 2 rings (SSSR count). The van der Waals surface area contributed by atoms with Crippen molar-refractivity contribution in [3.63, 3.8) is 0 Å². The number of ether oxygens (including phenoxy) is 1. The average Bonchev–Trinajstić information content (AvgIpc) is 2.87. The Bertz CT molecular complexity index is 764. The normalized spacial score (nSPS) is 18.2. The Hall–Kier alpha value is -1.93. The van der Waals surface area contributed by atoms with Crippen LogP contribution < -0.4 is 0 Å². The maximum atomic E-state index is 12.1. The zero-order valence-electron chi connectivity index (χ0n) is 15.5. The molecule has 0 saturated carbocycles. The molecule has 1 aromatic rings. The molecule has 1 unspecified atom stereocenters. The standard InChI is InChI=1S/C18H25NO6S/c1-13-5-7-15(8-6-13)26(22,23)24-10-9-14-11-16(20)19(12-14)17(21)25-18(2,3)4/h5-8,14H,9-12H2,1-4H3. The van der Waals surface area contributed by atoms with E-state index in [1.807, 2.05) is 6.92 Å². The second kappa shape index (κ2) is 7.75. The molecule has 0 N–H and O–H groups in total. The van der Waals surface area contributed by atoms with Crippen molar-refractivity contribution in [1.29, 1.82) is 0 Å². The summed E-state index contributed by atoms with van der Waals surface area (Å²) >= 11 is 0. The zero-order valence-corrected chi connectivity index (χ0v) is 16.3. The van der Waals surface area contributed by atoms with Gasteiger partial charge in [-0.05, 0) is 52.2 Å². The predicted octanol–water partition coefficient (Wildman–Crippen LogP) is 2.87. The van der Waals surface area contributed by atoms with Crippen molar-refractivity contribution in [3.05, 3.63) is 29.8 Å². The minimum atomic E-state index is -3.83. The van der Waals surface area contributed by atoms with Gasteiger partial charge in [0.05, 0.1) is 11.5 Å². The van der Waals surface area contributed by atoms with Gasteiger partial charge in [-0.25, -0.2) is 9.69 Å². The van der Waals surface area contributed by atoms with Crippen LogP contribution in [-0.2, 0) is 23.8 Å². The molecule has 1 aliphatic heterocycles. The van der Waals surface area contributed by atoms with Gasteiger partial charge in [0.2, 0.25) is 5.91 Å². The molecule has 0 aromatic heterocycles. The molecule has 1 saturated heterocycles. The highest BCUT2D eigenvalue weighted by Gasteiger charge is 2.36. The minimum Gasteiger partial charge on any atom is -0.443 e. The van der Waals surface area contributed by atoms with E-state index in [1.54, 1.807) is 32.9 Å². The van der Waals surface area contributed by atoms with Crippen LogP contribution in [0, 0.1) is 12.8 Å². The first-order valence-corrected chi connectivity index (χ1v) is 9.88. The van der Waals surface area contributed by atoms with Gasteiger partial charge in [0.1, 0.15) is 5.60 Å². The quantitative estimate of drug-likeness (QED) is 0.726. The van der Waals surface area contributed by atoms with Crippen molar-refractivity contribution < 1.29 is 26.9 Å². The Kier molecular flexibility index (Phi) is 6.08. The third-order valence-corrected chi connectivity index (χ3v) is 5.22. The van der Waals surface area contributed by atoms with Crippen LogP contribution in [0.4, 0.5) is 4.79 Å². The van der Waals surface area contributed by atoms with E-state index in [2.05, 4.69) is 0 Å². The summed E-state index contributed by atoms with van der Waals surface area (Å²) in [4.78, 5) is 25.2. The number of carbonyl (C=O) groups excluding carboxylic acids is 2.